The Bertz CT molecular complexity index is 130. The summed E-state index contributed by atoms with van der Waals surface area (Å²) in [5, 5.41) is 0. The van der Waals surface area contributed by atoms with E-state index >= 15 is 0 Å². The van der Waals surface area contributed by atoms with Crippen molar-refractivity contribution in [1.82, 2.24) is 0 Å². The van der Waals surface area contributed by atoms with Crippen molar-refractivity contribution in [2.45, 2.75) is 40.2 Å². The maximum absolute atomic E-state index is 11.3. The third-order valence-corrected chi connectivity index (χ3v) is 1.66. The van der Waals surface area contributed by atoms with Crippen LogP contribution < -0.4 is 5.73 Å². The molecule has 2 N–H and O–H groups in total. The monoisotopic (exact) mass is 157 g/mol. The number of Topliss-reactive ketones (excluding diaryl/α,β-unsaturated/α-hetero) is 1. The summed E-state index contributed by atoms with van der Waals surface area (Å²) in [6.07, 6.45) is 0.803. The average molecular weight is 157 g/mol. The molecule has 0 spiro atoms. The van der Waals surface area contributed by atoms with Crippen LogP contribution in [-0.2, 0) is 4.79 Å². The van der Waals surface area contributed by atoms with Gasteiger partial charge in [0.05, 0.1) is 6.04 Å². The summed E-state index contributed by atoms with van der Waals surface area (Å²) in [7, 11) is 0. The number of carbonyl (C=O) groups excluding carboxylic acids is 1. The highest BCUT2D eigenvalue weighted by Crippen LogP contribution is 2.07. The van der Waals surface area contributed by atoms with Gasteiger partial charge in [-0.2, -0.15) is 0 Å². The van der Waals surface area contributed by atoms with Crippen LogP contribution in [0.4, 0.5) is 0 Å². The van der Waals surface area contributed by atoms with E-state index < -0.39 is 0 Å². The molecule has 0 radical (unpaired) electrons. The van der Waals surface area contributed by atoms with Gasteiger partial charge in [-0.3, -0.25) is 4.79 Å². The van der Waals surface area contributed by atoms with E-state index in [0.29, 0.717) is 5.92 Å². The second-order valence-electron chi connectivity index (χ2n) is 3.79. The molecule has 0 rings (SSSR count). The van der Waals surface area contributed by atoms with Crippen molar-refractivity contribution in [2.75, 3.05) is 0 Å². The zero-order valence-corrected chi connectivity index (χ0v) is 7.92. The molecule has 0 unspecified atom stereocenters. The fourth-order valence-electron chi connectivity index (χ4n) is 1.05. The van der Waals surface area contributed by atoms with Gasteiger partial charge in [0.2, 0.25) is 0 Å². The quantitative estimate of drug-likeness (QED) is 0.673. The maximum atomic E-state index is 11.3. The van der Waals surface area contributed by atoms with Crippen molar-refractivity contribution in [1.29, 1.82) is 0 Å². The number of hydrogen-bond donors (Lipinski definition) is 1. The molecule has 0 aliphatic heterocycles. The van der Waals surface area contributed by atoms with Gasteiger partial charge in [0.25, 0.3) is 0 Å². The van der Waals surface area contributed by atoms with E-state index in [1.54, 1.807) is 0 Å². The van der Waals surface area contributed by atoms with Crippen LogP contribution in [0.3, 0.4) is 0 Å². The highest BCUT2D eigenvalue weighted by Gasteiger charge is 2.17. The van der Waals surface area contributed by atoms with Crippen LogP contribution in [0, 0.1) is 11.8 Å². The van der Waals surface area contributed by atoms with Gasteiger partial charge in [0, 0.05) is 5.92 Å². The molecular formula is C9H19NO. The van der Waals surface area contributed by atoms with E-state index in [4.69, 9.17) is 5.73 Å². The molecular weight excluding hydrogens is 138 g/mol. The van der Waals surface area contributed by atoms with E-state index in [1.165, 1.54) is 0 Å². The molecule has 0 aromatic heterocycles. The average Bonchev–Trinajstić information content (AvgIpc) is 1.84. The van der Waals surface area contributed by atoms with Gasteiger partial charge in [0.1, 0.15) is 0 Å². The summed E-state index contributed by atoms with van der Waals surface area (Å²) in [6, 6.07) is -0.255. The van der Waals surface area contributed by atoms with E-state index in [1.807, 2.05) is 13.8 Å². The van der Waals surface area contributed by atoms with E-state index in [2.05, 4.69) is 13.8 Å². The van der Waals surface area contributed by atoms with Crippen LogP contribution in [0.15, 0.2) is 0 Å². The molecule has 0 aromatic rings. The molecule has 2 heteroatoms. The third kappa shape index (κ3) is 4.14. The summed E-state index contributed by atoms with van der Waals surface area (Å²) in [6.45, 7) is 7.94. The first-order valence-corrected chi connectivity index (χ1v) is 4.24. The lowest BCUT2D eigenvalue weighted by atomic mass is 9.95. The predicted molar refractivity (Wildman–Crippen MR) is 47.3 cm³/mol. The van der Waals surface area contributed by atoms with Crippen molar-refractivity contribution in [3.8, 4) is 0 Å². The largest absolute Gasteiger partial charge is 0.321 e. The molecule has 0 aliphatic rings. The minimum absolute atomic E-state index is 0.0729. The second-order valence-corrected chi connectivity index (χ2v) is 3.79. The Hall–Kier alpha value is -0.370. The molecule has 0 aromatic carbocycles. The summed E-state index contributed by atoms with van der Waals surface area (Å²) in [4.78, 5) is 11.3. The van der Waals surface area contributed by atoms with Crippen LogP contribution >= 0.6 is 0 Å². The summed E-state index contributed by atoms with van der Waals surface area (Å²) in [5.41, 5.74) is 5.67. The molecule has 0 heterocycles. The van der Waals surface area contributed by atoms with Crippen molar-refractivity contribution in [2.24, 2.45) is 17.6 Å². The number of hydrogen-bond acceptors (Lipinski definition) is 2. The molecule has 11 heavy (non-hydrogen) atoms. The van der Waals surface area contributed by atoms with Gasteiger partial charge in [0.15, 0.2) is 5.78 Å². The molecule has 1 atom stereocenters. The zero-order chi connectivity index (χ0) is 9.02. The van der Waals surface area contributed by atoms with Gasteiger partial charge >= 0.3 is 0 Å². The van der Waals surface area contributed by atoms with Gasteiger partial charge in [-0.05, 0) is 12.3 Å². The summed E-state index contributed by atoms with van der Waals surface area (Å²) < 4.78 is 0. The van der Waals surface area contributed by atoms with Gasteiger partial charge in [-0.15, -0.1) is 0 Å². The van der Waals surface area contributed by atoms with Gasteiger partial charge in [-0.1, -0.05) is 27.7 Å². The Morgan fingerprint density at radius 3 is 2.00 bits per heavy atom. The maximum Gasteiger partial charge on any atom is 0.152 e. The minimum atomic E-state index is -0.255. The van der Waals surface area contributed by atoms with E-state index in [9.17, 15) is 4.79 Å². The topological polar surface area (TPSA) is 43.1 Å². The lowest BCUT2D eigenvalue weighted by molar-refractivity contribution is -0.123. The van der Waals surface area contributed by atoms with Crippen molar-refractivity contribution < 1.29 is 4.79 Å². The SMILES string of the molecule is CC(C)C[C@H](N)C(=O)C(C)C. The molecule has 66 valence electrons. The van der Waals surface area contributed by atoms with E-state index in [-0.39, 0.29) is 17.7 Å². The van der Waals surface area contributed by atoms with Gasteiger partial charge in [-0.25, -0.2) is 0 Å². The standard InChI is InChI=1S/C9H19NO/c1-6(2)5-8(10)9(11)7(3)4/h6-8H,5,10H2,1-4H3/t8-/m0/s1. The number of nitrogens with two attached hydrogens (primary N) is 1. The predicted octanol–water partition coefficient (Wildman–Crippen LogP) is 1.58. The lowest BCUT2D eigenvalue weighted by Gasteiger charge is -2.14. The fraction of sp³-hybridized carbons (Fsp3) is 0.889. The van der Waals surface area contributed by atoms with E-state index in [0.717, 1.165) is 6.42 Å². The van der Waals surface area contributed by atoms with Crippen LogP contribution in [-0.4, -0.2) is 11.8 Å². The summed E-state index contributed by atoms with van der Waals surface area (Å²) in [5.74, 6) is 0.759. The normalized spacial score (nSPS) is 14.1. The fourth-order valence-corrected chi connectivity index (χ4v) is 1.05. The van der Waals surface area contributed by atoms with Crippen molar-refractivity contribution >= 4 is 5.78 Å². The second kappa shape index (κ2) is 4.50. The first-order chi connectivity index (χ1) is 4.95. The molecule has 0 saturated heterocycles. The first kappa shape index (κ1) is 10.6. The highest BCUT2D eigenvalue weighted by molar-refractivity contribution is 5.85. The van der Waals surface area contributed by atoms with Crippen LogP contribution in [0.1, 0.15) is 34.1 Å². The lowest BCUT2D eigenvalue weighted by Crippen LogP contribution is -2.34. The van der Waals surface area contributed by atoms with Crippen LogP contribution in [0.5, 0.6) is 0 Å². The third-order valence-electron chi connectivity index (χ3n) is 1.66. The van der Waals surface area contributed by atoms with Crippen LogP contribution in [0.2, 0.25) is 0 Å². The minimum Gasteiger partial charge on any atom is -0.321 e. The molecule has 0 aliphatic carbocycles. The Balaban J connectivity index is 3.83. The number of rotatable bonds is 4. The van der Waals surface area contributed by atoms with Crippen molar-refractivity contribution in [3.63, 3.8) is 0 Å². The molecule has 2 nitrogen and oxygen atoms in total. The van der Waals surface area contributed by atoms with Gasteiger partial charge < -0.3 is 5.73 Å². The highest BCUT2D eigenvalue weighted by atomic mass is 16.1. The smallest absolute Gasteiger partial charge is 0.152 e. The number of carbonyl (C=O) groups is 1. The Labute approximate surface area is 69.2 Å². The zero-order valence-electron chi connectivity index (χ0n) is 7.92. The van der Waals surface area contributed by atoms with Crippen molar-refractivity contribution in [3.05, 3.63) is 0 Å². The summed E-state index contributed by atoms with van der Waals surface area (Å²) >= 11 is 0. The molecule has 0 fully saturated rings. The first-order valence-electron chi connectivity index (χ1n) is 4.24. The Morgan fingerprint density at radius 2 is 1.73 bits per heavy atom. The van der Waals surface area contributed by atoms with Crippen LogP contribution in [0.25, 0.3) is 0 Å². The molecule has 0 amide bonds. The molecule has 0 saturated carbocycles. The number of ketones is 1. The Kier molecular flexibility index (Phi) is 4.34. The molecule has 0 bridgehead atoms. The Morgan fingerprint density at radius 1 is 1.27 bits per heavy atom.